The van der Waals surface area contributed by atoms with Gasteiger partial charge in [-0.15, -0.1) is 11.3 Å². The Hall–Kier alpha value is -3.16. The minimum Gasteiger partial charge on any atom is -0.507 e. The number of fused-ring (bicyclic) bond motifs is 1. The molecule has 1 fully saturated rings. The van der Waals surface area contributed by atoms with E-state index in [9.17, 15) is 14.7 Å². The van der Waals surface area contributed by atoms with Crippen LogP contribution in [0, 0.1) is 0 Å². The van der Waals surface area contributed by atoms with Crippen molar-refractivity contribution in [2.75, 3.05) is 34.3 Å². The van der Waals surface area contributed by atoms with E-state index >= 15 is 0 Å². The number of carbonyl (C=O) groups excluding carboxylic acids is 2. The summed E-state index contributed by atoms with van der Waals surface area (Å²) < 4.78 is 5.27. The van der Waals surface area contributed by atoms with Crippen molar-refractivity contribution in [3.8, 4) is 5.75 Å². The number of hydrogen-bond donors (Lipinski definition) is 1. The number of aliphatic hydroxyl groups is 1. The number of Topliss-reactive ketones (excluding diaryl/α,β-unsaturated/α-hetero) is 1. The molecule has 7 heteroatoms. The maximum Gasteiger partial charge on any atom is 0.295 e. The van der Waals surface area contributed by atoms with E-state index in [4.69, 9.17) is 4.74 Å². The Morgan fingerprint density at radius 3 is 2.56 bits per heavy atom. The average molecular weight is 451 g/mol. The van der Waals surface area contributed by atoms with E-state index in [0.717, 1.165) is 34.4 Å². The summed E-state index contributed by atoms with van der Waals surface area (Å²) in [5, 5.41) is 15.0. The van der Waals surface area contributed by atoms with Gasteiger partial charge in [0.05, 0.1) is 18.7 Å². The van der Waals surface area contributed by atoms with Crippen LogP contribution in [0.1, 0.15) is 22.9 Å². The number of hydrogen-bond acceptors (Lipinski definition) is 6. The lowest BCUT2D eigenvalue weighted by molar-refractivity contribution is -0.139. The molecule has 1 unspecified atom stereocenters. The molecule has 1 N–H and O–H groups in total. The molecule has 32 heavy (non-hydrogen) atoms. The molecule has 0 bridgehead atoms. The molecule has 0 saturated carbocycles. The van der Waals surface area contributed by atoms with Gasteiger partial charge in [-0.05, 0) is 67.5 Å². The largest absolute Gasteiger partial charge is 0.507 e. The van der Waals surface area contributed by atoms with E-state index < -0.39 is 17.7 Å². The molecule has 3 aromatic rings. The lowest BCUT2D eigenvalue weighted by Crippen LogP contribution is -2.32. The fourth-order valence-electron chi connectivity index (χ4n) is 4.06. The van der Waals surface area contributed by atoms with Crippen LogP contribution in [0.4, 0.5) is 0 Å². The lowest BCUT2D eigenvalue weighted by Gasteiger charge is -2.24. The highest BCUT2D eigenvalue weighted by molar-refractivity contribution is 7.10. The number of nitrogens with zero attached hydrogens (tertiary/aromatic N) is 2. The van der Waals surface area contributed by atoms with Crippen molar-refractivity contribution in [2.24, 2.45) is 0 Å². The Balaban J connectivity index is 1.77. The Bertz CT molecular complexity index is 1180. The molecule has 1 aromatic heterocycles. The van der Waals surface area contributed by atoms with Crippen LogP contribution >= 0.6 is 11.3 Å². The van der Waals surface area contributed by atoms with Gasteiger partial charge in [-0.1, -0.05) is 24.3 Å². The molecular formula is C25H26N2O4S. The smallest absolute Gasteiger partial charge is 0.295 e. The summed E-state index contributed by atoms with van der Waals surface area (Å²) in [6, 6.07) is 14.3. The SMILES string of the molecule is COc1ccc2cc(/C(O)=C3\C(=O)C(=O)N(CCCN(C)C)C3c3cccs3)ccc2c1. The zero-order chi connectivity index (χ0) is 22.8. The van der Waals surface area contributed by atoms with Crippen molar-refractivity contribution in [1.82, 2.24) is 9.80 Å². The zero-order valence-electron chi connectivity index (χ0n) is 18.4. The predicted octanol–water partition coefficient (Wildman–Crippen LogP) is 4.28. The van der Waals surface area contributed by atoms with E-state index in [0.29, 0.717) is 12.1 Å². The molecule has 0 spiro atoms. The maximum absolute atomic E-state index is 13.0. The third-order valence-electron chi connectivity index (χ3n) is 5.68. The summed E-state index contributed by atoms with van der Waals surface area (Å²) in [5.41, 5.74) is 0.658. The van der Waals surface area contributed by atoms with Gasteiger partial charge in [0.25, 0.3) is 11.7 Å². The third-order valence-corrected chi connectivity index (χ3v) is 6.60. The van der Waals surface area contributed by atoms with E-state index in [1.807, 2.05) is 66.8 Å². The fourth-order valence-corrected chi connectivity index (χ4v) is 4.91. The second-order valence-electron chi connectivity index (χ2n) is 8.09. The Morgan fingerprint density at radius 1 is 1.12 bits per heavy atom. The molecule has 6 nitrogen and oxygen atoms in total. The normalized spacial score (nSPS) is 18.1. The maximum atomic E-state index is 13.0. The van der Waals surface area contributed by atoms with E-state index in [-0.39, 0.29) is 11.3 Å². The van der Waals surface area contributed by atoms with Crippen LogP contribution in [0.2, 0.25) is 0 Å². The molecule has 1 amide bonds. The zero-order valence-corrected chi connectivity index (χ0v) is 19.2. The summed E-state index contributed by atoms with van der Waals surface area (Å²) >= 11 is 1.48. The fraction of sp³-hybridized carbons (Fsp3) is 0.280. The molecule has 2 aromatic carbocycles. The first-order valence-electron chi connectivity index (χ1n) is 10.5. The van der Waals surface area contributed by atoms with Gasteiger partial charge in [-0.2, -0.15) is 0 Å². The number of benzene rings is 2. The number of methoxy groups -OCH3 is 1. The van der Waals surface area contributed by atoms with Gasteiger partial charge in [-0.3, -0.25) is 9.59 Å². The van der Waals surface area contributed by atoms with Crippen molar-refractivity contribution in [3.63, 3.8) is 0 Å². The van der Waals surface area contributed by atoms with E-state index in [1.54, 1.807) is 18.1 Å². The number of aliphatic hydroxyl groups excluding tert-OH is 1. The topological polar surface area (TPSA) is 70.1 Å². The van der Waals surface area contributed by atoms with Crippen molar-refractivity contribution >= 4 is 39.6 Å². The molecule has 1 atom stereocenters. The van der Waals surface area contributed by atoms with Gasteiger partial charge >= 0.3 is 0 Å². The summed E-state index contributed by atoms with van der Waals surface area (Å²) in [7, 11) is 5.56. The molecule has 0 radical (unpaired) electrons. The van der Waals surface area contributed by atoms with Crippen LogP contribution in [0.15, 0.2) is 59.5 Å². The van der Waals surface area contributed by atoms with Crippen LogP contribution in [0.5, 0.6) is 5.75 Å². The van der Waals surface area contributed by atoms with Gasteiger partial charge in [0.15, 0.2) is 0 Å². The first kappa shape index (κ1) is 22.0. The summed E-state index contributed by atoms with van der Waals surface area (Å²) in [4.78, 5) is 30.5. The minimum atomic E-state index is -0.638. The van der Waals surface area contributed by atoms with Crippen molar-refractivity contribution in [2.45, 2.75) is 12.5 Å². The number of ether oxygens (including phenoxy) is 1. The molecule has 1 aliphatic rings. The Labute approximate surface area is 191 Å². The summed E-state index contributed by atoms with van der Waals surface area (Å²) in [6.07, 6.45) is 0.736. The lowest BCUT2D eigenvalue weighted by atomic mass is 9.98. The van der Waals surface area contributed by atoms with Crippen LogP contribution < -0.4 is 4.74 Å². The van der Waals surface area contributed by atoms with Gasteiger partial charge in [0.2, 0.25) is 0 Å². The number of ketones is 1. The van der Waals surface area contributed by atoms with Gasteiger partial charge in [0, 0.05) is 17.0 Å². The monoisotopic (exact) mass is 450 g/mol. The standard InChI is InChI=1S/C25H26N2O4S/c1-26(2)11-5-12-27-22(20-6-4-13-32-20)21(24(29)25(27)30)23(28)18-8-7-17-15-19(31-3)10-9-16(17)14-18/h4,6-10,13-15,22,28H,5,11-12H2,1-3H3/b23-21+. The number of likely N-dealkylation sites (tertiary alicyclic amines) is 1. The predicted molar refractivity (Wildman–Crippen MR) is 127 cm³/mol. The molecule has 1 saturated heterocycles. The molecule has 1 aliphatic heterocycles. The number of thiophene rings is 1. The van der Waals surface area contributed by atoms with E-state index in [2.05, 4.69) is 0 Å². The number of carbonyl (C=O) groups is 2. The second-order valence-corrected chi connectivity index (χ2v) is 9.07. The van der Waals surface area contributed by atoms with Crippen LogP contribution in [-0.2, 0) is 9.59 Å². The highest BCUT2D eigenvalue weighted by atomic mass is 32.1. The van der Waals surface area contributed by atoms with Crippen LogP contribution in [0.3, 0.4) is 0 Å². The van der Waals surface area contributed by atoms with Crippen molar-refractivity contribution < 1.29 is 19.4 Å². The summed E-state index contributed by atoms with van der Waals surface area (Å²) in [5.74, 6) is -0.597. The quantitative estimate of drug-likeness (QED) is 0.331. The Kier molecular flexibility index (Phi) is 6.30. The average Bonchev–Trinajstić information content (AvgIpc) is 3.40. The second kappa shape index (κ2) is 9.14. The van der Waals surface area contributed by atoms with Crippen molar-refractivity contribution in [1.29, 1.82) is 0 Å². The molecule has 4 rings (SSSR count). The molecule has 2 heterocycles. The summed E-state index contributed by atoms with van der Waals surface area (Å²) in [6.45, 7) is 1.24. The van der Waals surface area contributed by atoms with Gasteiger partial charge in [0.1, 0.15) is 11.5 Å². The molecule has 0 aliphatic carbocycles. The van der Waals surface area contributed by atoms with Gasteiger partial charge < -0.3 is 19.6 Å². The number of amides is 1. The van der Waals surface area contributed by atoms with Crippen LogP contribution in [0.25, 0.3) is 16.5 Å². The highest BCUT2D eigenvalue weighted by Crippen LogP contribution is 2.41. The minimum absolute atomic E-state index is 0.144. The van der Waals surface area contributed by atoms with Crippen LogP contribution in [-0.4, -0.2) is 60.9 Å². The highest BCUT2D eigenvalue weighted by Gasteiger charge is 2.46. The number of rotatable bonds is 7. The molecular weight excluding hydrogens is 424 g/mol. The van der Waals surface area contributed by atoms with Crippen molar-refractivity contribution in [3.05, 3.63) is 69.9 Å². The molecule has 166 valence electrons. The van der Waals surface area contributed by atoms with Gasteiger partial charge in [-0.25, -0.2) is 0 Å². The first-order chi connectivity index (χ1) is 15.4. The first-order valence-corrected chi connectivity index (χ1v) is 11.3. The van der Waals surface area contributed by atoms with E-state index in [1.165, 1.54) is 11.3 Å². The third kappa shape index (κ3) is 4.13. The Morgan fingerprint density at radius 2 is 1.88 bits per heavy atom.